The molecule has 0 unspecified atom stereocenters. The van der Waals surface area contributed by atoms with E-state index in [1.807, 2.05) is 0 Å². The summed E-state index contributed by atoms with van der Waals surface area (Å²) in [6.07, 6.45) is 1.56. The summed E-state index contributed by atoms with van der Waals surface area (Å²) >= 11 is 5.89. The number of ether oxygens (including phenoxy) is 2. The molecule has 3 aromatic rings. The number of alkyl halides is 2. The molecule has 0 aliphatic rings. The van der Waals surface area contributed by atoms with Gasteiger partial charge in [-0.1, -0.05) is 23.7 Å². The lowest BCUT2D eigenvalue weighted by atomic mass is 10.2. The van der Waals surface area contributed by atoms with E-state index in [1.54, 1.807) is 43.5 Å². The van der Waals surface area contributed by atoms with Crippen LogP contribution in [0.2, 0.25) is 5.02 Å². The number of nitrogens with one attached hydrogen (secondary N) is 1. The molecule has 0 fully saturated rings. The van der Waals surface area contributed by atoms with Crippen molar-refractivity contribution >= 4 is 23.2 Å². The zero-order valence-corrected chi connectivity index (χ0v) is 15.5. The molecular weight excluding hydrogens is 392 g/mol. The number of halogens is 3. The summed E-state index contributed by atoms with van der Waals surface area (Å²) in [7, 11) is 0. The van der Waals surface area contributed by atoms with Gasteiger partial charge in [-0.2, -0.15) is 13.9 Å². The van der Waals surface area contributed by atoms with E-state index in [2.05, 4.69) is 15.2 Å². The van der Waals surface area contributed by atoms with Crippen LogP contribution >= 0.6 is 11.6 Å². The Hall–Kier alpha value is -3.13. The van der Waals surface area contributed by atoms with Crippen LogP contribution < -0.4 is 14.8 Å². The van der Waals surface area contributed by atoms with Gasteiger partial charge in [0.25, 0.3) is 5.91 Å². The summed E-state index contributed by atoms with van der Waals surface area (Å²) in [5.74, 6) is -0.133. The zero-order chi connectivity index (χ0) is 20.1. The lowest BCUT2D eigenvalue weighted by Crippen LogP contribution is -2.15. The molecule has 0 spiro atoms. The largest absolute Gasteiger partial charge is 0.471 e. The molecule has 0 aliphatic carbocycles. The van der Waals surface area contributed by atoms with Crippen LogP contribution in [-0.4, -0.2) is 22.3 Å². The molecule has 0 saturated carbocycles. The monoisotopic (exact) mass is 407 g/mol. The molecule has 2 aromatic carbocycles. The van der Waals surface area contributed by atoms with Crippen molar-refractivity contribution in [2.24, 2.45) is 0 Å². The van der Waals surface area contributed by atoms with Gasteiger partial charge in [-0.3, -0.25) is 4.79 Å². The summed E-state index contributed by atoms with van der Waals surface area (Å²) in [6.45, 7) is -1.16. The maximum atomic E-state index is 12.5. The molecule has 1 amide bonds. The normalized spacial score (nSPS) is 10.8. The highest BCUT2D eigenvalue weighted by Gasteiger charge is 2.15. The Morgan fingerprint density at radius 1 is 1.25 bits per heavy atom. The molecule has 3 rings (SSSR count). The first-order valence-corrected chi connectivity index (χ1v) is 8.57. The number of benzene rings is 2. The third kappa shape index (κ3) is 5.20. The van der Waals surface area contributed by atoms with Gasteiger partial charge >= 0.3 is 6.61 Å². The highest BCUT2D eigenvalue weighted by molar-refractivity contribution is 6.30. The molecule has 0 bridgehead atoms. The number of hydrogen-bond acceptors (Lipinski definition) is 4. The third-order valence-electron chi connectivity index (χ3n) is 3.63. The molecule has 9 heteroatoms. The van der Waals surface area contributed by atoms with Crippen molar-refractivity contribution in [3.05, 3.63) is 71.0 Å². The van der Waals surface area contributed by atoms with Gasteiger partial charge in [0.05, 0.1) is 5.69 Å². The van der Waals surface area contributed by atoms with E-state index in [4.69, 9.17) is 16.3 Å². The molecule has 28 heavy (non-hydrogen) atoms. The smallest absolute Gasteiger partial charge is 0.387 e. The van der Waals surface area contributed by atoms with Crippen LogP contribution in [-0.2, 0) is 6.73 Å². The first kappa shape index (κ1) is 19.6. The number of carbonyl (C=O) groups is 1. The summed E-state index contributed by atoms with van der Waals surface area (Å²) in [5.41, 5.74) is 1.01. The first-order valence-electron chi connectivity index (χ1n) is 8.19. The fraction of sp³-hybridized carbons (Fsp3) is 0.158. The van der Waals surface area contributed by atoms with E-state index in [-0.39, 0.29) is 23.9 Å². The standard InChI is InChI=1S/C19H16ClF2N3O3/c1-12-5-6-17(28-19(21)22)16(9-12)23-18(26)15-7-8-25(24-15)11-27-14-4-2-3-13(20)10-14/h2-10,19H,11H2,1H3,(H,23,26). The second-order valence-electron chi connectivity index (χ2n) is 5.80. The third-order valence-corrected chi connectivity index (χ3v) is 3.87. The second kappa shape index (κ2) is 8.71. The summed E-state index contributed by atoms with van der Waals surface area (Å²) in [6, 6.07) is 12.9. The van der Waals surface area contributed by atoms with Crippen molar-refractivity contribution in [2.75, 3.05) is 5.32 Å². The van der Waals surface area contributed by atoms with E-state index in [0.29, 0.717) is 10.8 Å². The number of carbonyl (C=O) groups excluding carboxylic acids is 1. The maximum Gasteiger partial charge on any atom is 0.387 e. The van der Waals surface area contributed by atoms with Gasteiger partial charge in [-0.15, -0.1) is 0 Å². The predicted molar refractivity (Wildman–Crippen MR) is 100 cm³/mol. The molecule has 1 heterocycles. The summed E-state index contributed by atoms with van der Waals surface area (Å²) in [5, 5.41) is 7.19. The zero-order valence-electron chi connectivity index (χ0n) is 14.7. The van der Waals surface area contributed by atoms with E-state index in [1.165, 1.54) is 22.9 Å². The van der Waals surface area contributed by atoms with Crippen LogP contribution in [0.25, 0.3) is 0 Å². The van der Waals surface area contributed by atoms with Crippen molar-refractivity contribution in [3.63, 3.8) is 0 Å². The van der Waals surface area contributed by atoms with Gasteiger partial charge in [-0.05, 0) is 48.9 Å². The Morgan fingerprint density at radius 3 is 2.82 bits per heavy atom. The van der Waals surface area contributed by atoms with Gasteiger partial charge < -0.3 is 14.8 Å². The molecule has 6 nitrogen and oxygen atoms in total. The van der Waals surface area contributed by atoms with Crippen LogP contribution in [0.1, 0.15) is 16.1 Å². The Labute approximate surface area is 164 Å². The van der Waals surface area contributed by atoms with Gasteiger partial charge in [0.1, 0.15) is 11.5 Å². The fourth-order valence-corrected chi connectivity index (χ4v) is 2.56. The van der Waals surface area contributed by atoms with E-state index < -0.39 is 12.5 Å². The highest BCUT2D eigenvalue weighted by atomic mass is 35.5. The van der Waals surface area contributed by atoms with E-state index in [9.17, 15) is 13.6 Å². The van der Waals surface area contributed by atoms with Crippen LogP contribution in [0.15, 0.2) is 54.7 Å². The number of anilines is 1. The van der Waals surface area contributed by atoms with E-state index >= 15 is 0 Å². The molecule has 0 atom stereocenters. The number of nitrogens with zero attached hydrogens (tertiary/aromatic N) is 2. The summed E-state index contributed by atoms with van der Waals surface area (Å²) < 4.78 is 36.5. The number of aryl methyl sites for hydroxylation is 1. The van der Waals surface area contributed by atoms with Gasteiger partial charge in [-0.25, -0.2) is 4.68 Å². The van der Waals surface area contributed by atoms with Crippen molar-refractivity contribution < 1.29 is 23.0 Å². The van der Waals surface area contributed by atoms with Gasteiger partial charge in [0, 0.05) is 11.2 Å². The molecule has 146 valence electrons. The Kier molecular flexibility index (Phi) is 6.10. The fourth-order valence-electron chi connectivity index (χ4n) is 2.38. The highest BCUT2D eigenvalue weighted by Crippen LogP contribution is 2.27. The topological polar surface area (TPSA) is 65.4 Å². The Morgan fingerprint density at radius 2 is 2.07 bits per heavy atom. The maximum absolute atomic E-state index is 12.5. The SMILES string of the molecule is Cc1ccc(OC(F)F)c(NC(=O)c2ccn(COc3cccc(Cl)c3)n2)c1. The van der Waals surface area contributed by atoms with Gasteiger partial charge in [0.2, 0.25) is 0 Å². The molecule has 0 radical (unpaired) electrons. The average molecular weight is 408 g/mol. The number of hydrogen-bond donors (Lipinski definition) is 1. The molecular formula is C19H16ClF2N3O3. The Balaban J connectivity index is 1.67. The second-order valence-corrected chi connectivity index (χ2v) is 6.24. The van der Waals surface area contributed by atoms with Crippen molar-refractivity contribution in [2.45, 2.75) is 20.3 Å². The number of amides is 1. The van der Waals surface area contributed by atoms with Crippen LogP contribution in [0, 0.1) is 6.92 Å². The molecule has 1 aromatic heterocycles. The average Bonchev–Trinajstić information content (AvgIpc) is 3.11. The lowest BCUT2D eigenvalue weighted by molar-refractivity contribution is -0.0493. The van der Waals surface area contributed by atoms with Crippen LogP contribution in [0.4, 0.5) is 14.5 Å². The van der Waals surface area contributed by atoms with Gasteiger partial charge in [0.15, 0.2) is 12.4 Å². The minimum Gasteiger partial charge on any atom is -0.471 e. The van der Waals surface area contributed by atoms with Crippen LogP contribution in [0.3, 0.4) is 0 Å². The predicted octanol–water partition coefficient (Wildman–Crippen LogP) is 4.74. The lowest BCUT2D eigenvalue weighted by Gasteiger charge is -2.12. The molecule has 0 aliphatic heterocycles. The van der Waals surface area contributed by atoms with Crippen molar-refractivity contribution in [3.8, 4) is 11.5 Å². The number of aromatic nitrogens is 2. The van der Waals surface area contributed by atoms with Crippen molar-refractivity contribution in [1.82, 2.24) is 9.78 Å². The van der Waals surface area contributed by atoms with E-state index in [0.717, 1.165) is 5.56 Å². The summed E-state index contributed by atoms with van der Waals surface area (Å²) in [4.78, 5) is 12.4. The van der Waals surface area contributed by atoms with Crippen molar-refractivity contribution in [1.29, 1.82) is 0 Å². The molecule has 0 saturated heterocycles. The minimum absolute atomic E-state index is 0.0673. The first-order chi connectivity index (χ1) is 13.4. The van der Waals surface area contributed by atoms with Crippen LogP contribution in [0.5, 0.6) is 11.5 Å². The Bertz CT molecular complexity index is 979. The minimum atomic E-state index is -3.00. The quantitative estimate of drug-likeness (QED) is 0.614. The molecule has 1 N–H and O–H groups in total. The number of rotatable bonds is 7.